The Balaban J connectivity index is 1.77. The molecule has 3 aliphatic rings. The second-order valence-corrected chi connectivity index (χ2v) is 14.0. The molecule has 3 aliphatic heterocycles. The number of hydrogen-bond acceptors (Lipinski definition) is 19. The molecule has 0 aromatic heterocycles. The Morgan fingerprint density at radius 2 is 1.20 bits per heavy atom. The van der Waals surface area contributed by atoms with Gasteiger partial charge in [-0.25, -0.2) is 4.72 Å². The number of ether oxygens (including phenoxy) is 6. The van der Waals surface area contributed by atoms with Gasteiger partial charge in [0.15, 0.2) is 18.9 Å². The lowest BCUT2D eigenvalue weighted by Crippen LogP contribution is -2.69. The maximum atomic E-state index is 11.3. The summed E-state index contributed by atoms with van der Waals surface area (Å²) >= 11 is 0.351. The van der Waals surface area contributed by atoms with Crippen molar-refractivity contribution in [1.82, 2.24) is 4.72 Å². The summed E-state index contributed by atoms with van der Waals surface area (Å²) in [6.07, 6.45) is -14.1. The van der Waals surface area contributed by atoms with Crippen LogP contribution in [0, 0.1) is 11.3 Å². The molecule has 18 nitrogen and oxygen atoms in total. The van der Waals surface area contributed by atoms with Crippen molar-refractivity contribution in [1.29, 1.82) is 0 Å². The molecule has 45 heavy (non-hydrogen) atoms. The summed E-state index contributed by atoms with van der Waals surface area (Å²) in [7, 11) is 0. The van der Waals surface area contributed by atoms with Gasteiger partial charge in [0.2, 0.25) is 0 Å². The first-order valence-corrected chi connectivity index (χ1v) is 15.4. The summed E-state index contributed by atoms with van der Waals surface area (Å²) in [5.41, 5.74) is 11.3. The maximum absolute atomic E-state index is 11.3. The average Bonchev–Trinajstić information content (AvgIpc) is 2.95. The lowest BCUT2D eigenvalue weighted by Gasteiger charge is -2.51. The minimum absolute atomic E-state index is 0.351. The SMILES string of the molecule is CC(C)(C)OC1OC(CO)C(OC2OC(CO)C(OC3OC(CO)C(C(C)(C)C)C(O)C3N)C(O)C2N)C(O)C1NSOO[O-]. The molecule has 0 radical (unpaired) electrons. The summed E-state index contributed by atoms with van der Waals surface area (Å²) in [6.45, 7) is 9.09. The van der Waals surface area contributed by atoms with Crippen molar-refractivity contribution < 1.29 is 73.7 Å². The molecule has 0 bridgehead atoms. The Morgan fingerprint density at radius 3 is 1.67 bits per heavy atom. The van der Waals surface area contributed by atoms with Crippen molar-refractivity contribution in [3.8, 4) is 0 Å². The summed E-state index contributed by atoms with van der Waals surface area (Å²) in [4.78, 5) is 0. The molecule has 0 aromatic rings. The number of hydrogen-bond donors (Lipinski definition) is 9. The molecule has 0 amide bonds. The number of nitrogens with two attached hydrogens (primary N) is 2. The summed E-state index contributed by atoms with van der Waals surface area (Å²) in [5.74, 6) is -0.535. The molecule has 15 unspecified atom stereocenters. The van der Waals surface area contributed by atoms with Crippen LogP contribution in [-0.2, 0) is 37.8 Å². The zero-order valence-electron chi connectivity index (χ0n) is 26.2. The van der Waals surface area contributed by atoms with Gasteiger partial charge in [-0.05, 0) is 26.2 Å². The van der Waals surface area contributed by atoms with E-state index in [0.717, 1.165) is 0 Å². The van der Waals surface area contributed by atoms with Crippen LogP contribution in [-0.4, -0.2) is 142 Å². The first-order valence-electron chi connectivity index (χ1n) is 14.7. The predicted molar refractivity (Wildman–Crippen MR) is 151 cm³/mol. The van der Waals surface area contributed by atoms with Crippen LogP contribution in [0.25, 0.3) is 0 Å². The average molecular weight is 677 g/mol. The molecule has 3 rings (SSSR count). The van der Waals surface area contributed by atoms with E-state index in [1.807, 2.05) is 20.8 Å². The molecule has 11 N–H and O–H groups in total. The highest BCUT2D eigenvalue weighted by Crippen LogP contribution is 2.40. The van der Waals surface area contributed by atoms with E-state index in [2.05, 4.69) is 14.1 Å². The molecular formula is C26H50N3O15S-. The van der Waals surface area contributed by atoms with E-state index in [1.54, 1.807) is 20.8 Å². The highest BCUT2D eigenvalue weighted by atomic mass is 32.2. The quantitative estimate of drug-likeness (QED) is 0.0312. The minimum atomic E-state index is -1.56. The van der Waals surface area contributed by atoms with Gasteiger partial charge in [0.25, 0.3) is 0 Å². The third-order valence-corrected chi connectivity index (χ3v) is 8.51. The molecule has 266 valence electrons. The Kier molecular flexibility index (Phi) is 14.2. The highest BCUT2D eigenvalue weighted by Gasteiger charge is 2.54. The van der Waals surface area contributed by atoms with Gasteiger partial charge in [0.05, 0.1) is 55.8 Å². The van der Waals surface area contributed by atoms with E-state index in [4.69, 9.17) is 39.9 Å². The van der Waals surface area contributed by atoms with Crippen LogP contribution in [0.4, 0.5) is 0 Å². The third kappa shape index (κ3) is 9.41. The molecule has 0 spiro atoms. The van der Waals surface area contributed by atoms with E-state index in [9.17, 15) is 35.9 Å². The molecule has 3 heterocycles. The van der Waals surface area contributed by atoms with Gasteiger partial charge < -0.3 is 75.8 Å². The third-order valence-electron chi connectivity index (χ3n) is 8.02. The molecule has 0 aliphatic carbocycles. The topological polar surface area (TPSA) is 282 Å². The number of nitrogens with one attached hydrogen (secondary N) is 1. The molecule has 3 saturated heterocycles. The van der Waals surface area contributed by atoms with Gasteiger partial charge in [0.1, 0.15) is 48.9 Å². The van der Waals surface area contributed by atoms with Gasteiger partial charge in [-0.2, -0.15) is 4.33 Å². The smallest absolute Gasteiger partial charge is 0.177 e. The van der Waals surface area contributed by atoms with Crippen molar-refractivity contribution in [2.75, 3.05) is 19.8 Å². The predicted octanol–water partition coefficient (Wildman–Crippen LogP) is -4.13. The molecule has 15 atom stereocenters. The highest BCUT2D eigenvalue weighted by molar-refractivity contribution is 7.92. The van der Waals surface area contributed by atoms with E-state index < -0.39 is 123 Å². The number of aliphatic hydroxyl groups is 6. The Labute approximate surface area is 266 Å². The summed E-state index contributed by atoms with van der Waals surface area (Å²) in [5, 5.41) is 77.4. The zero-order chi connectivity index (χ0) is 33.9. The largest absolute Gasteiger partial charge is 0.691 e. The van der Waals surface area contributed by atoms with Gasteiger partial charge >= 0.3 is 0 Å². The van der Waals surface area contributed by atoms with Crippen LogP contribution in [0.2, 0.25) is 0 Å². The van der Waals surface area contributed by atoms with Crippen molar-refractivity contribution in [2.24, 2.45) is 22.8 Å². The van der Waals surface area contributed by atoms with Crippen LogP contribution >= 0.6 is 12.2 Å². The van der Waals surface area contributed by atoms with E-state index in [0.29, 0.717) is 12.2 Å². The number of rotatable bonds is 12. The zero-order valence-corrected chi connectivity index (χ0v) is 27.0. The maximum Gasteiger partial charge on any atom is 0.177 e. The first kappa shape index (κ1) is 39.1. The van der Waals surface area contributed by atoms with Crippen molar-refractivity contribution in [2.45, 2.75) is 133 Å². The molecule has 3 fully saturated rings. The molecule has 0 saturated carbocycles. The fourth-order valence-corrected chi connectivity index (χ4v) is 6.33. The summed E-state index contributed by atoms with van der Waals surface area (Å²) in [6, 6.07) is -3.54. The standard InChI is InChI=1S/C26H51N3O15S/c1-25(2,3)13-10(7-30)37-22(14(27)17(13)33)40-20-11(8-31)38-23(15(28)18(20)34)41-21-12(9-32)39-24(42-26(4,5)6)16(19(21)35)29-45-44-43-36/h10-24,29-36H,7-9,27-28H2,1-6H3/p-1. The normalized spacial score (nSPS) is 43.4. The molecule has 0 aromatic carbocycles. The Hall–Kier alpha value is -0.370. The van der Waals surface area contributed by atoms with Gasteiger partial charge in [-0.15, -0.1) is 0 Å². The Morgan fingerprint density at radius 1 is 0.733 bits per heavy atom. The molecule has 19 heteroatoms. The van der Waals surface area contributed by atoms with Gasteiger partial charge in [-0.3, -0.25) is 5.04 Å². The van der Waals surface area contributed by atoms with Gasteiger partial charge in [-0.1, -0.05) is 20.8 Å². The van der Waals surface area contributed by atoms with Crippen LogP contribution < -0.4 is 21.4 Å². The summed E-state index contributed by atoms with van der Waals surface area (Å²) < 4.78 is 42.3. The Bertz CT molecular complexity index is 897. The van der Waals surface area contributed by atoms with E-state index in [1.165, 1.54) is 0 Å². The number of aliphatic hydroxyl groups excluding tert-OH is 6. The van der Waals surface area contributed by atoms with E-state index in [-0.39, 0.29) is 0 Å². The fourth-order valence-electron chi connectivity index (χ4n) is 5.90. The van der Waals surface area contributed by atoms with Crippen molar-refractivity contribution in [3.63, 3.8) is 0 Å². The van der Waals surface area contributed by atoms with Gasteiger partial charge in [0, 0.05) is 5.92 Å². The van der Waals surface area contributed by atoms with Crippen molar-refractivity contribution in [3.05, 3.63) is 0 Å². The minimum Gasteiger partial charge on any atom is -0.691 e. The van der Waals surface area contributed by atoms with Crippen LogP contribution in [0.3, 0.4) is 0 Å². The monoisotopic (exact) mass is 676 g/mol. The second kappa shape index (κ2) is 16.4. The van der Waals surface area contributed by atoms with E-state index >= 15 is 0 Å². The fraction of sp³-hybridized carbons (Fsp3) is 1.00. The van der Waals surface area contributed by atoms with Crippen LogP contribution in [0.5, 0.6) is 0 Å². The van der Waals surface area contributed by atoms with Crippen LogP contribution in [0.15, 0.2) is 0 Å². The lowest BCUT2D eigenvalue weighted by atomic mass is 9.71. The lowest BCUT2D eigenvalue weighted by molar-refractivity contribution is -0.777. The molecular weight excluding hydrogens is 626 g/mol. The second-order valence-electron chi connectivity index (χ2n) is 13.5. The van der Waals surface area contributed by atoms with Crippen molar-refractivity contribution >= 4 is 12.2 Å². The van der Waals surface area contributed by atoms with Crippen LogP contribution in [0.1, 0.15) is 41.5 Å². The first-order chi connectivity index (χ1) is 21.0.